The van der Waals surface area contributed by atoms with Crippen LogP contribution in [-0.2, 0) is 6.54 Å². The number of hydrogen-bond donors (Lipinski definition) is 2. The molecule has 1 heterocycles. The van der Waals surface area contributed by atoms with Gasteiger partial charge in [-0.25, -0.2) is 4.68 Å². The van der Waals surface area contributed by atoms with Crippen molar-refractivity contribution in [2.24, 2.45) is 0 Å². The molecule has 0 saturated heterocycles. The molecule has 0 aliphatic heterocycles. The summed E-state index contributed by atoms with van der Waals surface area (Å²) < 4.78 is 1.14. The molecular weight excluding hydrogens is 264 g/mol. The van der Waals surface area contributed by atoms with Crippen LogP contribution in [0.1, 0.15) is 5.56 Å². The molecule has 2 rings (SSSR count). The third-order valence-electron chi connectivity index (χ3n) is 2.76. The predicted molar refractivity (Wildman–Crippen MR) is 73.1 cm³/mol. The molecule has 0 unspecified atom stereocenters. The van der Waals surface area contributed by atoms with E-state index in [4.69, 9.17) is 0 Å². The minimum atomic E-state index is -0.494. The number of aromatic amines is 1. The zero-order valence-electron chi connectivity index (χ0n) is 10.6. The number of aromatic nitrogens is 2. The highest BCUT2D eigenvalue weighted by atomic mass is 16.6. The average molecular weight is 276 g/mol. The lowest BCUT2D eigenvalue weighted by molar-refractivity contribution is -0.384. The van der Waals surface area contributed by atoms with Gasteiger partial charge < -0.3 is 5.32 Å². The SMILES string of the molecule is CNc1cc(Cn2[nH]c(=O)ccc2=O)ccc1[N+](=O)[O-]. The van der Waals surface area contributed by atoms with Gasteiger partial charge in [0.15, 0.2) is 0 Å². The summed E-state index contributed by atoms with van der Waals surface area (Å²) in [6, 6.07) is 6.77. The van der Waals surface area contributed by atoms with Crippen molar-refractivity contribution in [3.8, 4) is 0 Å². The van der Waals surface area contributed by atoms with E-state index < -0.39 is 4.92 Å². The van der Waals surface area contributed by atoms with Gasteiger partial charge in [-0.05, 0) is 11.6 Å². The van der Waals surface area contributed by atoms with Crippen LogP contribution in [0, 0.1) is 10.1 Å². The Kier molecular flexibility index (Phi) is 3.65. The van der Waals surface area contributed by atoms with Crippen molar-refractivity contribution in [3.63, 3.8) is 0 Å². The summed E-state index contributed by atoms with van der Waals surface area (Å²) in [6.07, 6.45) is 0. The predicted octanol–water partition coefficient (Wildman–Crippen LogP) is 0.535. The summed E-state index contributed by atoms with van der Waals surface area (Å²) >= 11 is 0. The summed E-state index contributed by atoms with van der Waals surface area (Å²) in [5.74, 6) is 0. The minimum absolute atomic E-state index is 0.0508. The van der Waals surface area contributed by atoms with E-state index in [1.54, 1.807) is 13.1 Å². The molecule has 0 aliphatic carbocycles. The van der Waals surface area contributed by atoms with E-state index in [-0.39, 0.29) is 23.4 Å². The van der Waals surface area contributed by atoms with Crippen molar-refractivity contribution in [2.45, 2.75) is 6.54 Å². The van der Waals surface area contributed by atoms with E-state index in [2.05, 4.69) is 10.4 Å². The lowest BCUT2D eigenvalue weighted by Crippen LogP contribution is -2.28. The molecule has 20 heavy (non-hydrogen) atoms. The molecule has 0 atom stereocenters. The van der Waals surface area contributed by atoms with Crippen molar-refractivity contribution in [1.29, 1.82) is 0 Å². The fraction of sp³-hybridized carbons (Fsp3) is 0.167. The number of nitrogens with zero attached hydrogens (tertiary/aromatic N) is 2. The first-order valence-electron chi connectivity index (χ1n) is 5.76. The van der Waals surface area contributed by atoms with Gasteiger partial charge in [-0.15, -0.1) is 0 Å². The molecule has 104 valence electrons. The summed E-state index contributed by atoms with van der Waals surface area (Å²) in [4.78, 5) is 33.1. The fourth-order valence-electron chi connectivity index (χ4n) is 1.80. The smallest absolute Gasteiger partial charge is 0.292 e. The monoisotopic (exact) mass is 276 g/mol. The lowest BCUT2D eigenvalue weighted by Gasteiger charge is -2.07. The number of anilines is 1. The number of nitrogens with one attached hydrogen (secondary N) is 2. The third kappa shape index (κ3) is 2.74. The van der Waals surface area contributed by atoms with Crippen molar-refractivity contribution >= 4 is 11.4 Å². The fourth-order valence-corrected chi connectivity index (χ4v) is 1.80. The molecular formula is C12H12N4O4. The Labute approximate surface area is 112 Å². The molecule has 0 saturated carbocycles. The van der Waals surface area contributed by atoms with Crippen LogP contribution >= 0.6 is 0 Å². The van der Waals surface area contributed by atoms with Gasteiger partial charge in [0.05, 0.1) is 11.5 Å². The maximum Gasteiger partial charge on any atom is 0.292 e. The zero-order valence-corrected chi connectivity index (χ0v) is 10.6. The number of H-pyrrole nitrogens is 1. The van der Waals surface area contributed by atoms with E-state index in [1.165, 1.54) is 18.2 Å². The Hall–Kier alpha value is -2.90. The van der Waals surface area contributed by atoms with Gasteiger partial charge >= 0.3 is 0 Å². The summed E-state index contributed by atoms with van der Waals surface area (Å²) in [6.45, 7) is 0.127. The number of nitro groups is 1. The Morgan fingerprint density at radius 2 is 2.05 bits per heavy atom. The van der Waals surface area contributed by atoms with Crippen LogP contribution in [0.3, 0.4) is 0 Å². The Morgan fingerprint density at radius 1 is 1.30 bits per heavy atom. The second-order valence-electron chi connectivity index (χ2n) is 4.09. The molecule has 0 bridgehead atoms. The number of rotatable bonds is 4. The van der Waals surface area contributed by atoms with Crippen molar-refractivity contribution < 1.29 is 4.92 Å². The van der Waals surface area contributed by atoms with E-state index in [0.29, 0.717) is 11.3 Å². The summed E-state index contributed by atoms with van der Waals surface area (Å²) in [7, 11) is 1.57. The van der Waals surface area contributed by atoms with Crippen molar-refractivity contribution in [1.82, 2.24) is 9.78 Å². The second kappa shape index (κ2) is 5.39. The van der Waals surface area contributed by atoms with E-state index in [1.807, 2.05) is 0 Å². The Bertz CT molecular complexity index is 763. The summed E-state index contributed by atoms with van der Waals surface area (Å²) in [5.41, 5.74) is 0.210. The third-order valence-corrected chi connectivity index (χ3v) is 2.76. The van der Waals surface area contributed by atoms with Crippen LogP contribution in [-0.4, -0.2) is 21.8 Å². The highest BCUT2D eigenvalue weighted by Gasteiger charge is 2.13. The van der Waals surface area contributed by atoms with Crippen molar-refractivity contribution in [3.05, 3.63) is 66.7 Å². The van der Waals surface area contributed by atoms with Crippen LogP contribution in [0.25, 0.3) is 0 Å². The first kappa shape index (κ1) is 13.5. The van der Waals surface area contributed by atoms with E-state index in [0.717, 1.165) is 10.7 Å². The van der Waals surface area contributed by atoms with Gasteiger partial charge in [-0.2, -0.15) is 0 Å². The Balaban J connectivity index is 2.39. The van der Waals surface area contributed by atoms with Gasteiger partial charge in [0, 0.05) is 25.2 Å². The number of nitro benzene ring substituents is 1. The first-order valence-corrected chi connectivity index (χ1v) is 5.76. The van der Waals surface area contributed by atoms with E-state index >= 15 is 0 Å². The van der Waals surface area contributed by atoms with Gasteiger partial charge in [-0.1, -0.05) is 6.07 Å². The first-order chi connectivity index (χ1) is 9.51. The molecule has 1 aromatic heterocycles. The maximum atomic E-state index is 11.6. The molecule has 0 amide bonds. The van der Waals surface area contributed by atoms with Gasteiger partial charge in [0.1, 0.15) is 5.69 Å². The topological polar surface area (TPSA) is 110 Å². The van der Waals surface area contributed by atoms with Gasteiger partial charge in [0.2, 0.25) is 0 Å². The molecule has 0 spiro atoms. The largest absolute Gasteiger partial charge is 0.383 e. The van der Waals surface area contributed by atoms with E-state index in [9.17, 15) is 19.7 Å². The highest BCUT2D eigenvalue weighted by Crippen LogP contribution is 2.24. The number of benzene rings is 1. The zero-order chi connectivity index (χ0) is 14.7. The standard InChI is InChI=1S/C12H12N4O4/c1-13-9-6-8(2-3-10(9)16(19)20)7-15-12(18)5-4-11(17)14-15/h2-6,13H,7H2,1H3,(H,14,17). The molecule has 0 fully saturated rings. The van der Waals surface area contributed by atoms with Crippen LogP contribution in [0.5, 0.6) is 0 Å². The van der Waals surface area contributed by atoms with Crippen LogP contribution in [0.2, 0.25) is 0 Å². The number of hydrogen-bond acceptors (Lipinski definition) is 5. The van der Waals surface area contributed by atoms with Crippen LogP contribution in [0.4, 0.5) is 11.4 Å². The normalized spacial score (nSPS) is 10.2. The molecule has 2 N–H and O–H groups in total. The summed E-state index contributed by atoms with van der Waals surface area (Å²) in [5, 5.41) is 15.9. The molecule has 8 nitrogen and oxygen atoms in total. The Morgan fingerprint density at radius 3 is 2.70 bits per heavy atom. The highest BCUT2D eigenvalue weighted by molar-refractivity contribution is 5.62. The van der Waals surface area contributed by atoms with Crippen molar-refractivity contribution in [2.75, 3.05) is 12.4 Å². The maximum absolute atomic E-state index is 11.6. The van der Waals surface area contributed by atoms with Gasteiger partial charge in [-0.3, -0.25) is 24.8 Å². The van der Waals surface area contributed by atoms with Crippen LogP contribution < -0.4 is 16.4 Å². The molecule has 0 aliphatic rings. The second-order valence-corrected chi connectivity index (χ2v) is 4.09. The molecule has 1 aromatic carbocycles. The average Bonchev–Trinajstić information content (AvgIpc) is 2.42. The minimum Gasteiger partial charge on any atom is -0.383 e. The lowest BCUT2D eigenvalue weighted by atomic mass is 10.1. The quantitative estimate of drug-likeness (QED) is 0.625. The molecule has 8 heteroatoms. The van der Waals surface area contributed by atoms with Crippen LogP contribution in [0.15, 0.2) is 39.9 Å². The molecule has 0 radical (unpaired) electrons. The van der Waals surface area contributed by atoms with Gasteiger partial charge in [0.25, 0.3) is 16.8 Å². The molecule has 2 aromatic rings.